The molecular formula is C30H37N3O5. The number of hydrogen-bond donors (Lipinski definition) is 2. The van der Waals surface area contributed by atoms with E-state index >= 15 is 0 Å². The van der Waals surface area contributed by atoms with Crippen LogP contribution in [0.1, 0.15) is 66.9 Å². The van der Waals surface area contributed by atoms with Crippen molar-refractivity contribution in [1.82, 2.24) is 15.4 Å². The first-order valence-corrected chi connectivity index (χ1v) is 13.2. The lowest BCUT2D eigenvalue weighted by Gasteiger charge is -2.28. The van der Waals surface area contributed by atoms with Gasteiger partial charge in [-0.2, -0.15) is 0 Å². The second kappa shape index (κ2) is 12.3. The fourth-order valence-electron chi connectivity index (χ4n) is 4.75. The Labute approximate surface area is 224 Å². The van der Waals surface area contributed by atoms with E-state index in [1.54, 1.807) is 13.0 Å². The number of ether oxygens (including phenoxy) is 1. The summed E-state index contributed by atoms with van der Waals surface area (Å²) >= 11 is 0. The molecule has 1 saturated heterocycles. The summed E-state index contributed by atoms with van der Waals surface area (Å²) < 4.78 is 10.3. The number of hydrogen-bond acceptors (Lipinski definition) is 6. The van der Waals surface area contributed by atoms with Crippen LogP contribution in [0, 0.1) is 6.92 Å². The molecule has 1 fully saturated rings. The van der Waals surface area contributed by atoms with Gasteiger partial charge in [0.25, 0.3) is 5.91 Å². The van der Waals surface area contributed by atoms with E-state index in [-0.39, 0.29) is 28.7 Å². The maximum atomic E-state index is 12.4. The Morgan fingerprint density at radius 1 is 1.08 bits per heavy atom. The number of amides is 2. The van der Waals surface area contributed by atoms with Gasteiger partial charge in [0.15, 0.2) is 5.69 Å². The van der Waals surface area contributed by atoms with Crippen molar-refractivity contribution in [3.05, 3.63) is 71.1 Å². The molecule has 3 aromatic rings. The molecule has 0 unspecified atom stereocenters. The zero-order chi connectivity index (χ0) is 27.1. The summed E-state index contributed by atoms with van der Waals surface area (Å²) in [4.78, 5) is 26.6. The molecule has 4 rings (SSSR count). The molecule has 2 heterocycles. The summed E-state index contributed by atoms with van der Waals surface area (Å²) in [6.45, 7) is 9.05. The molecule has 0 aliphatic carbocycles. The number of aryl methyl sites for hydroxylation is 1. The van der Waals surface area contributed by atoms with Crippen LogP contribution in [0.4, 0.5) is 0 Å². The lowest BCUT2D eigenvalue weighted by molar-refractivity contribution is -0.135. The van der Waals surface area contributed by atoms with Crippen LogP contribution < -0.4 is 5.32 Å². The number of aromatic nitrogens is 1. The molecule has 8 heteroatoms. The van der Waals surface area contributed by atoms with Crippen molar-refractivity contribution in [3.8, 4) is 16.9 Å². The Morgan fingerprint density at radius 3 is 2.58 bits per heavy atom. The third kappa shape index (κ3) is 7.01. The zero-order valence-electron chi connectivity index (χ0n) is 22.5. The monoisotopic (exact) mass is 519 g/mol. The van der Waals surface area contributed by atoms with Gasteiger partial charge < -0.3 is 24.6 Å². The van der Waals surface area contributed by atoms with Gasteiger partial charge in [-0.1, -0.05) is 55.8 Å². The van der Waals surface area contributed by atoms with Crippen molar-refractivity contribution < 1.29 is 24.0 Å². The summed E-state index contributed by atoms with van der Waals surface area (Å²) in [5.74, 6) is 0.714. The van der Waals surface area contributed by atoms with E-state index in [0.717, 1.165) is 41.5 Å². The number of nitrogens with one attached hydrogen (secondary N) is 1. The predicted molar refractivity (Wildman–Crippen MR) is 145 cm³/mol. The maximum Gasteiger partial charge on any atom is 0.273 e. The van der Waals surface area contributed by atoms with Crippen LogP contribution in [0.15, 0.2) is 53.1 Å². The van der Waals surface area contributed by atoms with Gasteiger partial charge in [0.2, 0.25) is 5.91 Å². The van der Waals surface area contributed by atoms with Crippen LogP contribution in [0.25, 0.3) is 11.1 Å². The smallest absolute Gasteiger partial charge is 0.273 e. The lowest BCUT2D eigenvalue weighted by Crippen LogP contribution is -2.40. The van der Waals surface area contributed by atoms with Gasteiger partial charge in [-0.25, -0.2) is 0 Å². The van der Waals surface area contributed by atoms with E-state index in [4.69, 9.17) is 9.26 Å². The molecule has 1 aliphatic heterocycles. The summed E-state index contributed by atoms with van der Waals surface area (Å²) in [5, 5.41) is 17.5. The Kier molecular flexibility index (Phi) is 8.84. The van der Waals surface area contributed by atoms with Crippen LogP contribution in [0.2, 0.25) is 0 Å². The Hall–Kier alpha value is -3.65. The van der Waals surface area contributed by atoms with Crippen LogP contribution in [-0.4, -0.2) is 53.3 Å². The number of aromatic hydroxyl groups is 1. The minimum absolute atomic E-state index is 0.135. The quantitative estimate of drug-likeness (QED) is 0.366. The van der Waals surface area contributed by atoms with Gasteiger partial charge in [-0.05, 0) is 54.0 Å². The molecule has 0 radical (unpaired) electrons. The molecule has 2 aromatic carbocycles. The van der Waals surface area contributed by atoms with E-state index in [2.05, 4.69) is 30.4 Å². The first kappa shape index (κ1) is 27.4. The highest BCUT2D eigenvalue weighted by Gasteiger charge is 2.23. The Morgan fingerprint density at radius 2 is 1.87 bits per heavy atom. The lowest BCUT2D eigenvalue weighted by atomic mass is 9.79. The van der Waals surface area contributed by atoms with Gasteiger partial charge >= 0.3 is 0 Å². The summed E-state index contributed by atoms with van der Waals surface area (Å²) in [6.07, 6.45) is 3.27. The molecule has 0 bridgehead atoms. The van der Waals surface area contributed by atoms with Gasteiger partial charge in [-0.3, -0.25) is 9.59 Å². The van der Waals surface area contributed by atoms with Gasteiger partial charge in [0.05, 0.1) is 13.2 Å². The predicted octanol–water partition coefficient (Wildman–Crippen LogP) is 4.98. The van der Waals surface area contributed by atoms with Crippen LogP contribution in [0.3, 0.4) is 0 Å². The van der Waals surface area contributed by atoms with Crippen LogP contribution in [0.5, 0.6) is 5.75 Å². The second-order valence-corrected chi connectivity index (χ2v) is 10.5. The Bertz CT molecular complexity index is 1260. The summed E-state index contributed by atoms with van der Waals surface area (Å²) in [7, 11) is 0. The second-order valence-electron chi connectivity index (χ2n) is 10.5. The van der Waals surface area contributed by atoms with Gasteiger partial charge in [0.1, 0.15) is 11.5 Å². The van der Waals surface area contributed by atoms with Gasteiger partial charge in [0, 0.05) is 37.7 Å². The highest BCUT2D eigenvalue weighted by atomic mass is 16.5. The SMILES string of the molecule is Cc1cc(C(=O)NCc2cccc(-c3ccc(C(C)(C)CCCCC(=O)N4CCOCC4)cc3O)c2)no1. The number of rotatable bonds is 10. The largest absolute Gasteiger partial charge is 0.507 e. The number of nitrogens with zero attached hydrogens (tertiary/aromatic N) is 2. The van der Waals surface area contributed by atoms with E-state index in [0.29, 0.717) is 45.0 Å². The molecule has 38 heavy (non-hydrogen) atoms. The third-order valence-electron chi connectivity index (χ3n) is 7.14. The number of benzene rings is 2. The number of carbonyl (C=O) groups is 2. The maximum absolute atomic E-state index is 12.4. The highest BCUT2D eigenvalue weighted by Crippen LogP contribution is 2.36. The molecule has 0 saturated carbocycles. The standard InChI is InChI=1S/C30H37N3O5/c1-21-17-26(32-38-21)29(36)31-20-22-7-6-8-23(18-22)25-11-10-24(19-27(25)34)30(2,3)12-5-4-9-28(35)33-13-15-37-16-14-33/h6-8,10-11,17-19,34H,4-5,9,12-16,20H2,1-3H3,(H,31,36). The summed E-state index contributed by atoms with van der Waals surface area (Å²) in [5.41, 5.74) is 3.69. The fraction of sp³-hybridized carbons (Fsp3) is 0.433. The van der Waals surface area contributed by atoms with E-state index < -0.39 is 0 Å². The zero-order valence-corrected chi connectivity index (χ0v) is 22.5. The number of phenols is 1. The topological polar surface area (TPSA) is 105 Å². The minimum Gasteiger partial charge on any atom is -0.507 e. The van der Waals surface area contributed by atoms with Crippen molar-refractivity contribution in [2.45, 2.75) is 58.4 Å². The molecule has 2 N–H and O–H groups in total. The fourth-order valence-corrected chi connectivity index (χ4v) is 4.75. The molecule has 202 valence electrons. The average Bonchev–Trinajstić information content (AvgIpc) is 3.36. The first-order valence-electron chi connectivity index (χ1n) is 13.2. The number of phenolic OH excluding ortho intramolecular Hbond substituents is 1. The Balaban J connectivity index is 1.33. The van der Waals surface area contributed by atoms with E-state index in [9.17, 15) is 14.7 Å². The minimum atomic E-state index is -0.299. The molecular weight excluding hydrogens is 482 g/mol. The third-order valence-corrected chi connectivity index (χ3v) is 7.14. The molecule has 0 spiro atoms. The number of morpholine rings is 1. The summed E-state index contributed by atoms with van der Waals surface area (Å²) in [6, 6.07) is 15.2. The van der Waals surface area contributed by atoms with Crippen molar-refractivity contribution in [2.24, 2.45) is 0 Å². The van der Waals surface area contributed by atoms with Crippen molar-refractivity contribution in [2.75, 3.05) is 26.3 Å². The molecule has 1 aromatic heterocycles. The van der Waals surface area contributed by atoms with E-state index in [1.165, 1.54) is 0 Å². The molecule has 8 nitrogen and oxygen atoms in total. The average molecular weight is 520 g/mol. The number of unbranched alkanes of at least 4 members (excludes halogenated alkanes) is 1. The highest BCUT2D eigenvalue weighted by molar-refractivity contribution is 5.92. The van der Waals surface area contributed by atoms with E-state index in [1.807, 2.05) is 41.3 Å². The molecule has 2 amide bonds. The molecule has 0 atom stereocenters. The number of carbonyl (C=O) groups excluding carboxylic acids is 2. The van der Waals surface area contributed by atoms with Crippen molar-refractivity contribution >= 4 is 11.8 Å². The van der Waals surface area contributed by atoms with Gasteiger partial charge in [-0.15, -0.1) is 0 Å². The van der Waals surface area contributed by atoms with Crippen LogP contribution in [-0.2, 0) is 21.5 Å². The molecule has 1 aliphatic rings. The normalized spacial score (nSPS) is 13.9. The van der Waals surface area contributed by atoms with Crippen LogP contribution >= 0.6 is 0 Å². The first-order chi connectivity index (χ1) is 18.2. The van der Waals surface area contributed by atoms with Crippen molar-refractivity contribution in [1.29, 1.82) is 0 Å². The van der Waals surface area contributed by atoms with Crippen molar-refractivity contribution in [3.63, 3.8) is 0 Å².